The number of benzene rings is 1. The van der Waals surface area contributed by atoms with Gasteiger partial charge in [-0.05, 0) is 36.6 Å². The summed E-state index contributed by atoms with van der Waals surface area (Å²) >= 11 is 3.10. The van der Waals surface area contributed by atoms with E-state index in [0.717, 1.165) is 27.2 Å². The number of pyridine rings is 1. The molecule has 0 saturated heterocycles. The summed E-state index contributed by atoms with van der Waals surface area (Å²) in [5.74, 6) is 0.652. The maximum absolute atomic E-state index is 12.2. The molecular weight excluding hydrogens is 340 g/mol. The minimum atomic E-state index is -0.0806. The minimum absolute atomic E-state index is 0.0806. The zero-order valence-electron chi connectivity index (χ0n) is 13.0. The lowest BCUT2D eigenvalue weighted by Crippen LogP contribution is -2.14. The molecule has 3 rings (SSSR count). The van der Waals surface area contributed by atoms with Crippen molar-refractivity contribution in [2.75, 3.05) is 16.9 Å². The maximum atomic E-state index is 12.2. The second-order valence-corrected chi connectivity index (χ2v) is 6.68. The first-order chi connectivity index (χ1) is 11.7. The molecule has 0 aliphatic carbocycles. The fourth-order valence-electron chi connectivity index (χ4n) is 2.06. The molecule has 2 N–H and O–H groups in total. The van der Waals surface area contributed by atoms with Gasteiger partial charge in [0.15, 0.2) is 5.13 Å². The number of nitrogens with zero attached hydrogens (tertiary/aromatic N) is 2. The van der Waals surface area contributed by atoms with E-state index in [1.165, 1.54) is 11.3 Å². The average molecular weight is 356 g/mol. The molecular formula is C17H16N4OS2. The monoisotopic (exact) mass is 356 g/mol. The molecule has 122 valence electrons. The van der Waals surface area contributed by atoms with E-state index in [-0.39, 0.29) is 12.3 Å². The molecule has 0 saturated carbocycles. The van der Waals surface area contributed by atoms with Crippen LogP contribution in [0, 0.1) is 0 Å². The van der Waals surface area contributed by atoms with Gasteiger partial charge >= 0.3 is 0 Å². The van der Waals surface area contributed by atoms with Gasteiger partial charge in [-0.1, -0.05) is 12.1 Å². The lowest BCUT2D eigenvalue weighted by Gasteiger charge is -2.05. The lowest BCUT2D eigenvalue weighted by atomic mass is 10.3. The molecule has 0 aliphatic heterocycles. The topological polar surface area (TPSA) is 66.9 Å². The van der Waals surface area contributed by atoms with Crippen LogP contribution >= 0.6 is 23.1 Å². The van der Waals surface area contributed by atoms with Crippen molar-refractivity contribution in [3.8, 4) is 0 Å². The molecule has 0 radical (unpaired) electrons. The summed E-state index contributed by atoms with van der Waals surface area (Å²) in [6, 6.07) is 13.4. The molecule has 24 heavy (non-hydrogen) atoms. The van der Waals surface area contributed by atoms with E-state index in [0.29, 0.717) is 0 Å². The second kappa shape index (κ2) is 7.94. The molecule has 1 amide bonds. The van der Waals surface area contributed by atoms with E-state index in [9.17, 15) is 4.79 Å². The molecule has 0 unspecified atom stereocenters. The van der Waals surface area contributed by atoms with Crippen LogP contribution < -0.4 is 10.6 Å². The normalized spacial score (nSPS) is 10.4. The van der Waals surface area contributed by atoms with E-state index >= 15 is 0 Å². The molecule has 0 atom stereocenters. The third-order valence-corrected chi connectivity index (χ3v) is 4.68. The number of thioether (sulfide) groups is 1. The van der Waals surface area contributed by atoms with Crippen molar-refractivity contribution in [2.45, 2.75) is 11.3 Å². The molecule has 2 aromatic heterocycles. The van der Waals surface area contributed by atoms with E-state index in [1.54, 1.807) is 18.0 Å². The quantitative estimate of drug-likeness (QED) is 0.649. The van der Waals surface area contributed by atoms with Crippen molar-refractivity contribution in [3.05, 3.63) is 59.7 Å². The third-order valence-electron chi connectivity index (χ3n) is 3.15. The number of anilines is 3. The zero-order valence-corrected chi connectivity index (χ0v) is 14.7. The Morgan fingerprint density at radius 2 is 2.17 bits per heavy atom. The predicted octanol–water partition coefficient (Wildman–Crippen LogP) is 4.18. The molecule has 0 fully saturated rings. The molecule has 0 spiro atoms. The van der Waals surface area contributed by atoms with Gasteiger partial charge in [0, 0.05) is 22.2 Å². The smallest absolute Gasteiger partial charge is 0.230 e. The number of amides is 1. The number of nitrogens with one attached hydrogen (secondary N) is 2. The van der Waals surface area contributed by atoms with Gasteiger partial charge in [-0.3, -0.25) is 4.79 Å². The molecule has 2 heterocycles. The summed E-state index contributed by atoms with van der Waals surface area (Å²) in [5.41, 5.74) is 1.53. The van der Waals surface area contributed by atoms with Crippen LogP contribution in [0.25, 0.3) is 0 Å². The summed E-state index contributed by atoms with van der Waals surface area (Å²) in [6.45, 7) is 0. The van der Waals surface area contributed by atoms with Crippen molar-refractivity contribution < 1.29 is 4.79 Å². The van der Waals surface area contributed by atoms with Crippen molar-refractivity contribution in [1.29, 1.82) is 0 Å². The molecule has 7 heteroatoms. The standard InChI is InChI=1S/C17H16N4OS2/c1-23-14-6-4-5-12(9-14)19-16(22)10-13-11-24-17(20-13)21-15-7-2-3-8-18-15/h2-9,11H,10H2,1H3,(H,19,22)(H,18,20,21). The third kappa shape index (κ3) is 4.56. The largest absolute Gasteiger partial charge is 0.326 e. The van der Waals surface area contributed by atoms with Crippen LogP contribution in [0.4, 0.5) is 16.6 Å². The van der Waals surface area contributed by atoms with Gasteiger partial charge in [-0.15, -0.1) is 23.1 Å². The number of aromatic nitrogens is 2. The van der Waals surface area contributed by atoms with Crippen molar-refractivity contribution in [2.24, 2.45) is 0 Å². The van der Waals surface area contributed by atoms with E-state index in [4.69, 9.17) is 0 Å². The van der Waals surface area contributed by atoms with Crippen LogP contribution in [0.2, 0.25) is 0 Å². The highest BCUT2D eigenvalue weighted by molar-refractivity contribution is 7.98. The van der Waals surface area contributed by atoms with E-state index in [2.05, 4.69) is 20.6 Å². The number of carbonyl (C=O) groups is 1. The summed E-state index contributed by atoms with van der Waals surface area (Å²) in [7, 11) is 0. The highest BCUT2D eigenvalue weighted by Gasteiger charge is 2.09. The van der Waals surface area contributed by atoms with Crippen LogP contribution in [-0.2, 0) is 11.2 Å². The summed E-state index contributed by atoms with van der Waals surface area (Å²) < 4.78 is 0. The Morgan fingerprint density at radius 3 is 2.96 bits per heavy atom. The Hall–Kier alpha value is -2.38. The Balaban J connectivity index is 1.58. The van der Waals surface area contributed by atoms with Gasteiger partial charge in [0.2, 0.25) is 5.91 Å². The van der Waals surface area contributed by atoms with Gasteiger partial charge < -0.3 is 10.6 Å². The first-order valence-corrected chi connectivity index (χ1v) is 9.40. The fraction of sp³-hybridized carbons (Fsp3) is 0.118. The Labute approximate surface area is 148 Å². The second-order valence-electron chi connectivity index (χ2n) is 4.94. The van der Waals surface area contributed by atoms with Gasteiger partial charge in [0.1, 0.15) is 5.82 Å². The van der Waals surface area contributed by atoms with Gasteiger partial charge in [0.05, 0.1) is 12.1 Å². The highest BCUT2D eigenvalue weighted by Crippen LogP contribution is 2.21. The van der Waals surface area contributed by atoms with Crippen LogP contribution in [0.5, 0.6) is 0 Å². The first-order valence-electron chi connectivity index (χ1n) is 7.29. The number of thiazole rings is 1. The van der Waals surface area contributed by atoms with E-state index < -0.39 is 0 Å². The van der Waals surface area contributed by atoms with Crippen LogP contribution in [0.1, 0.15) is 5.69 Å². The van der Waals surface area contributed by atoms with Crippen molar-refractivity contribution >= 4 is 45.6 Å². The SMILES string of the molecule is CSc1cccc(NC(=O)Cc2csc(Nc3ccccn3)n2)c1. The van der Waals surface area contributed by atoms with E-state index in [1.807, 2.05) is 54.1 Å². The molecule has 1 aromatic carbocycles. The zero-order chi connectivity index (χ0) is 16.8. The number of carbonyl (C=O) groups excluding carboxylic acids is 1. The minimum Gasteiger partial charge on any atom is -0.326 e. The fourth-order valence-corrected chi connectivity index (χ4v) is 3.24. The van der Waals surface area contributed by atoms with Gasteiger partial charge in [0.25, 0.3) is 0 Å². The van der Waals surface area contributed by atoms with Crippen molar-refractivity contribution in [1.82, 2.24) is 9.97 Å². The summed E-state index contributed by atoms with van der Waals surface area (Å²) in [5, 5.41) is 8.63. The van der Waals surface area contributed by atoms with Gasteiger partial charge in [-0.25, -0.2) is 9.97 Å². The van der Waals surface area contributed by atoms with Crippen LogP contribution in [0.3, 0.4) is 0 Å². The number of hydrogen-bond donors (Lipinski definition) is 2. The Bertz CT molecular complexity index is 820. The van der Waals surface area contributed by atoms with Crippen molar-refractivity contribution in [3.63, 3.8) is 0 Å². The summed E-state index contributed by atoms with van der Waals surface area (Å²) in [4.78, 5) is 21.9. The maximum Gasteiger partial charge on any atom is 0.230 e. The van der Waals surface area contributed by atoms with Gasteiger partial charge in [-0.2, -0.15) is 0 Å². The molecule has 3 aromatic rings. The molecule has 5 nitrogen and oxygen atoms in total. The predicted molar refractivity (Wildman–Crippen MR) is 100 cm³/mol. The highest BCUT2D eigenvalue weighted by atomic mass is 32.2. The molecule has 0 aliphatic rings. The number of hydrogen-bond acceptors (Lipinski definition) is 6. The lowest BCUT2D eigenvalue weighted by molar-refractivity contribution is -0.115. The summed E-state index contributed by atoms with van der Waals surface area (Å²) in [6.07, 6.45) is 3.96. The average Bonchev–Trinajstić information content (AvgIpc) is 3.02. The first kappa shape index (κ1) is 16.5. The van der Waals surface area contributed by atoms with Crippen LogP contribution in [0.15, 0.2) is 58.9 Å². The Kier molecular flexibility index (Phi) is 5.45. The van der Waals surface area contributed by atoms with Crippen LogP contribution in [-0.4, -0.2) is 22.1 Å². The number of rotatable bonds is 6. The molecule has 0 bridgehead atoms. The Morgan fingerprint density at radius 1 is 1.25 bits per heavy atom.